The van der Waals surface area contributed by atoms with Gasteiger partial charge in [-0.05, 0) is 112 Å². The number of urea groups is 2. The van der Waals surface area contributed by atoms with Crippen molar-refractivity contribution in [2.24, 2.45) is 0 Å². The molecule has 0 saturated carbocycles. The second-order valence-electron chi connectivity index (χ2n) is 12.3. The molecule has 5 aromatic carbocycles. The lowest BCUT2D eigenvalue weighted by Crippen LogP contribution is -2.20. The number of hydrogen-bond donors (Lipinski definition) is 4. The zero-order valence-corrected chi connectivity index (χ0v) is 31.0. The molecule has 14 heteroatoms. The van der Waals surface area contributed by atoms with Crippen molar-refractivity contribution >= 4 is 55.0 Å². The van der Waals surface area contributed by atoms with Crippen molar-refractivity contribution in [1.82, 2.24) is 0 Å². The lowest BCUT2D eigenvalue weighted by Gasteiger charge is -2.14. The van der Waals surface area contributed by atoms with Gasteiger partial charge in [-0.2, -0.15) is 16.8 Å². The first-order valence-electron chi connectivity index (χ1n) is 16.0. The number of hydrogen-bond acceptors (Lipinski definition) is 8. The molecular weight excluding hydrogens is 705 g/mol. The molecule has 5 rings (SSSR count). The quantitative estimate of drug-likeness (QED) is 0.104. The fourth-order valence-corrected chi connectivity index (χ4v) is 8.63. The maximum Gasteiger partial charge on any atom is 0.339 e. The van der Waals surface area contributed by atoms with Gasteiger partial charge in [-0.1, -0.05) is 47.5 Å². The SMILES string of the molecule is Cc1cc(C)c(S(=O)(=O)Oc2cccc(NC(=O)Nc3ccc(NC(=O)Nc4cccc(OS(=O)(=O)c5c(C)cc(C)cc5C)c4)cc3)c2)c(C)c1. The van der Waals surface area contributed by atoms with E-state index in [4.69, 9.17) is 8.37 Å². The summed E-state index contributed by atoms with van der Waals surface area (Å²) in [5.41, 5.74) is 5.58. The maximum atomic E-state index is 13.1. The molecule has 0 unspecified atom stereocenters. The van der Waals surface area contributed by atoms with E-state index in [9.17, 15) is 26.4 Å². The zero-order valence-electron chi connectivity index (χ0n) is 29.3. The third kappa shape index (κ3) is 9.27. The molecule has 5 aromatic rings. The first kappa shape index (κ1) is 37.4. The number of rotatable bonds is 10. The van der Waals surface area contributed by atoms with E-state index in [1.807, 2.05) is 13.8 Å². The Morgan fingerprint density at radius 1 is 0.442 bits per heavy atom. The first-order chi connectivity index (χ1) is 24.5. The topological polar surface area (TPSA) is 169 Å². The number of anilines is 4. The van der Waals surface area contributed by atoms with Crippen LogP contribution in [0.3, 0.4) is 0 Å². The number of amides is 4. The second-order valence-corrected chi connectivity index (χ2v) is 15.3. The number of nitrogens with one attached hydrogen (secondary N) is 4. The van der Waals surface area contributed by atoms with Crippen LogP contribution in [0.15, 0.2) is 107 Å². The highest BCUT2D eigenvalue weighted by Crippen LogP contribution is 2.29. The molecule has 52 heavy (non-hydrogen) atoms. The van der Waals surface area contributed by atoms with E-state index in [2.05, 4.69) is 21.3 Å². The fraction of sp³-hybridized carbons (Fsp3) is 0.158. The van der Waals surface area contributed by atoms with E-state index in [1.54, 1.807) is 100 Å². The highest BCUT2D eigenvalue weighted by molar-refractivity contribution is 7.87. The summed E-state index contributed by atoms with van der Waals surface area (Å²) >= 11 is 0. The third-order valence-corrected chi connectivity index (χ3v) is 10.8. The predicted molar refractivity (Wildman–Crippen MR) is 202 cm³/mol. The Morgan fingerprint density at radius 2 is 0.750 bits per heavy atom. The van der Waals surface area contributed by atoms with Crippen molar-refractivity contribution in [1.29, 1.82) is 0 Å². The summed E-state index contributed by atoms with van der Waals surface area (Å²) in [4.78, 5) is 25.6. The van der Waals surface area contributed by atoms with Gasteiger partial charge in [0.05, 0.1) is 0 Å². The Labute approximate surface area is 303 Å². The molecule has 0 radical (unpaired) electrons. The van der Waals surface area contributed by atoms with Gasteiger partial charge < -0.3 is 29.6 Å². The molecule has 0 aliphatic rings. The zero-order chi connectivity index (χ0) is 37.8. The minimum Gasteiger partial charge on any atom is -0.379 e. The lowest BCUT2D eigenvalue weighted by molar-refractivity contribution is 0.261. The summed E-state index contributed by atoms with van der Waals surface area (Å²) in [5, 5.41) is 10.6. The molecular formula is C38H38N4O8S2. The van der Waals surface area contributed by atoms with Crippen molar-refractivity contribution < 1.29 is 34.8 Å². The van der Waals surface area contributed by atoms with Crippen LogP contribution in [0.4, 0.5) is 32.3 Å². The van der Waals surface area contributed by atoms with E-state index >= 15 is 0 Å². The van der Waals surface area contributed by atoms with Crippen molar-refractivity contribution in [2.75, 3.05) is 21.3 Å². The van der Waals surface area contributed by atoms with Crippen LogP contribution in [0.2, 0.25) is 0 Å². The Bertz CT molecular complexity index is 2180. The Hall–Kier alpha value is -5.86. The van der Waals surface area contributed by atoms with Gasteiger partial charge in [0.2, 0.25) is 0 Å². The fourth-order valence-electron chi connectivity index (χ4n) is 5.93. The van der Waals surface area contributed by atoms with Crippen LogP contribution in [-0.2, 0) is 20.2 Å². The highest BCUT2D eigenvalue weighted by atomic mass is 32.2. The van der Waals surface area contributed by atoms with Gasteiger partial charge >= 0.3 is 32.3 Å². The van der Waals surface area contributed by atoms with Crippen LogP contribution in [0.25, 0.3) is 0 Å². The summed E-state index contributed by atoms with van der Waals surface area (Å²) in [6.45, 7) is 10.6. The monoisotopic (exact) mass is 742 g/mol. The number of benzene rings is 5. The lowest BCUT2D eigenvalue weighted by atomic mass is 10.1. The summed E-state index contributed by atoms with van der Waals surface area (Å²) in [6.07, 6.45) is 0. The standard InChI is InChI=1S/C38H38N4O8S2/c1-23-17-25(3)35(26(4)18-23)51(45,46)49-33-11-7-9-31(21-33)41-37(43)39-29-13-15-30(16-14-29)40-38(44)42-32-10-8-12-34(22-32)50-52(47,48)36-27(5)19-24(2)20-28(36)6/h7-22H,1-6H3,(H2,39,41,43)(H2,40,42,44). The Balaban J connectivity index is 1.15. The van der Waals surface area contributed by atoms with Crippen LogP contribution in [0.5, 0.6) is 11.5 Å². The molecule has 0 aromatic heterocycles. The van der Waals surface area contributed by atoms with Gasteiger partial charge in [-0.25, -0.2) is 9.59 Å². The van der Waals surface area contributed by atoms with Crippen LogP contribution in [0.1, 0.15) is 33.4 Å². The molecule has 0 spiro atoms. The summed E-state index contributed by atoms with van der Waals surface area (Å²) in [7, 11) is -8.26. The molecule has 4 N–H and O–H groups in total. The van der Waals surface area contributed by atoms with Crippen LogP contribution >= 0.6 is 0 Å². The van der Waals surface area contributed by atoms with E-state index in [0.717, 1.165) is 11.1 Å². The van der Waals surface area contributed by atoms with Crippen molar-refractivity contribution in [3.63, 3.8) is 0 Å². The molecule has 12 nitrogen and oxygen atoms in total. The Morgan fingerprint density at radius 3 is 1.08 bits per heavy atom. The molecule has 0 saturated heterocycles. The average molecular weight is 743 g/mol. The van der Waals surface area contributed by atoms with Crippen molar-refractivity contribution in [2.45, 2.75) is 51.3 Å². The molecule has 0 aliphatic heterocycles. The van der Waals surface area contributed by atoms with Gasteiger partial charge in [0, 0.05) is 34.9 Å². The average Bonchev–Trinajstić information content (AvgIpc) is 3.00. The first-order valence-corrected chi connectivity index (χ1v) is 18.8. The third-order valence-electron chi connectivity index (χ3n) is 7.71. The molecule has 0 bridgehead atoms. The smallest absolute Gasteiger partial charge is 0.339 e. The van der Waals surface area contributed by atoms with Crippen LogP contribution < -0.4 is 29.6 Å². The molecule has 0 atom stereocenters. The molecule has 0 fully saturated rings. The van der Waals surface area contributed by atoms with E-state index in [0.29, 0.717) is 45.0 Å². The second kappa shape index (κ2) is 15.2. The van der Waals surface area contributed by atoms with Gasteiger partial charge in [-0.3, -0.25) is 0 Å². The van der Waals surface area contributed by atoms with Gasteiger partial charge in [0.1, 0.15) is 21.3 Å². The van der Waals surface area contributed by atoms with Gasteiger partial charge in [0.25, 0.3) is 0 Å². The largest absolute Gasteiger partial charge is 0.379 e. The number of carbonyl (C=O) groups is 2. The van der Waals surface area contributed by atoms with Gasteiger partial charge in [0.15, 0.2) is 0 Å². The number of aryl methyl sites for hydroxylation is 6. The maximum absolute atomic E-state index is 13.1. The normalized spacial score (nSPS) is 11.3. The predicted octanol–water partition coefficient (Wildman–Crippen LogP) is 8.36. The van der Waals surface area contributed by atoms with Crippen molar-refractivity contribution in [3.8, 4) is 11.5 Å². The highest BCUT2D eigenvalue weighted by Gasteiger charge is 2.24. The minimum atomic E-state index is -4.13. The minimum absolute atomic E-state index is 0.0302. The molecule has 0 heterocycles. The van der Waals surface area contributed by atoms with E-state index < -0.39 is 32.3 Å². The Kier molecular flexibility index (Phi) is 10.9. The summed E-state index contributed by atoms with van der Waals surface area (Å²) < 4.78 is 63.1. The molecule has 4 amide bonds. The van der Waals surface area contributed by atoms with Crippen molar-refractivity contribution in [3.05, 3.63) is 130 Å². The van der Waals surface area contributed by atoms with E-state index in [1.165, 1.54) is 24.3 Å². The van der Waals surface area contributed by atoms with Gasteiger partial charge in [-0.15, -0.1) is 0 Å². The summed E-state index contributed by atoms with van der Waals surface area (Å²) in [5.74, 6) is 0.0603. The van der Waals surface area contributed by atoms with Crippen LogP contribution in [-0.4, -0.2) is 28.9 Å². The van der Waals surface area contributed by atoms with E-state index in [-0.39, 0.29) is 21.3 Å². The summed E-state index contributed by atoms with van der Waals surface area (Å²) in [6, 6.07) is 24.2. The molecule has 270 valence electrons. The van der Waals surface area contributed by atoms with Crippen LogP contribution in [0, 0.1) is 41.5 Å². The number of carbonyl (C=O) groups excluding carboxylic acids is 2. The molecule has 0 aliphatic carbocycles.